The molecule has 0 radical (unpaired) electrons. The van der Waals surface area contributed by atoms with Crippen LogP contribution in [0.25, 0.3) is 0 Å². The quantitative estimate of drug-likeness (QED) is 0.810. The maximum absolute atomic E-state index is 12.2. The summed E-state index contributed by atoms with van der Waals surface area (Å²) in [5, 5.41) is 11.9. The Kier molecular flexibility index (Phi) is 6.44. The second-order valence-electron chi connectivity index (χ2n) is 6.10. The van der Waals surface area contributed by atoms with Gasteiger partial charge in [0.25, 0.3) is 0 Å². The summed E-state index contributed by atoms with van der Waals surface area (Å²) in [6.07, 6.45) is 3.48. The van der Waals surface area contributed by atoms with Crippen LogP contribution in [0.4, 0.5) is 0 Å². The molecule has 1 amide bonds. The van der Waals surface area contributed by atoms with Crippen LogP contribution in [0.1, 0.15) is 44.6 Å². The predicted octanol–water partition coefficient (Wildman–Crippen LogP) is 2.98. The number of rotatable bonds is 7. The summed E-state index contributed by atoms with van der Waals surface area (Å²) in [5.41, 5.74) is 1.03. The van der Waals surface area contributed by atoms with Crippen LogP contribution in [-0.2, 0) is 16.1 Å². The van der Waals surface area contributed by atoms with E-state index >= 15 is 0 Å². The van der Waals surface area contributed by atoms with Gasteiger partial charge in [-0.15, -0.1) is 0 Å². The molecule has 0 unspecified atom stereocenters. The molecule has 1 aliphatic carbocycles. The van der Waals surface area contributed by atoms with Gasteiger partial charge in [-0.3, -0.25) is 9.59 Å². The summed E-state index contributed by atoms with van der Waals surface area (Å²) >= 11 is 0. The minimum atomic E-state index is -0.741. The van der Waals surface area contributed by atoms with Crippen molar-refractivity contribution in [3.63, 3.8) is 0 Å². The average molecular weight is 319 g/mol. The van der Waals surface area contributed by atoms with E-state index < -0.39 is 5.97 Å². The van der Waals surface area contributed by atoms with Gasteiger partial charge in [-0.05, 0) is 49.8 Å². The summed E-state index contributed by atoms with van der Waals surface area (Å²) in [6, 6.07) is 7.73. The maximum Gasteiger partial charge on any atom is 0.306 e. The van der Waals surface area contributed by atoms with Gasteiger partial charge < -0.3 is 15.2 Å². The monoisotopic (exact) mass is 319 g/mol. The number of amides is 1. The zero-order valence-electron chi connectivity index (χ0n) is 13.6. The van der Waals surface area contributed by atoms with Crippen molar-refractivity contribution in [2.24, 2.45) is 11.8 Å². The Hall–Kier alpha value is -2.04. The number of nitrogens with one attached hydrogen (secondary N) is 1. The lowest BCUT2D eigenvalue weighted by molar-refractivity contribution is -0.144. The van der Waals surface area contributed by atoms with Crippen molar-refractivity contribution in [2.45, 2.75) is 45.6 Å². The number of carbonyl (C=O) groups is 2. The topological polar surface area (TPSA) is 75.6 Å². The van der Waals surface area contributed by atoms with Crippen molar-refractivity contribution in [2.75, 3.05) is 6.61 Å². The molecule has 2 rings (SSSR count). The molecule has 1 saturated carbocycles. The molecule has 5 nitrogen and oxygen atoms in total. The minimum Gasteiger partial charge on any atom is -0.494 e. The van der Waals surface area contributed by atoms with Crippen molar-refractivity contribution < 1.29 is 19.4 Å². The molecule has 1 aromatic carbocycles. The van der Waals surface area contributed by atoms with Crippen LogP contribution >= 0.6 is 0 Å². The lowest BCUT2D eigenvalue weighted by Crippen LogP contribution is -2.34. The van der Waals surface area contributed by atoms with Gasteiger partial charge in [0.1, 0.15) is 5.75 Å². The van der Waals surface area contributed by atoms with Crippen LogP contribution in [0.15, 0.2) is 24.3 Å². The van der Waals surface area contributed by atoms with Crippen LogP contribution in [0.3, 0.4) is 0 Å². The highest BCUT2D eigenvalue weighted by atomic mass is 16.5. The molecule has 2 N–H and O–H groups in total. The summed E-state index contributed by atoms with van der Waals surface area (Å²) in [5.74, 6) is -0.212. The lowest BCUT2D eigenvalue weighted by Gasteiger charge is -2.25. The molecule has 23 heavy (non-hydrogen) atoms. The van der Waals surface area contributed by atoms with E-state index in [-0.39, 0.29) is 17.7 Å². The summed E-state index contributed by atoms with van der Waals surface area (Å²) < 4.78 is 5.52. The highest BCUT2D eigenvalue weighted by molar-refractivity contribution is 5.79. The lowest BCUT2D eigenvalue weighted by atomic mass is 9.81. The summed E-state index contributed by atoms with van der Waals surface area (Å²) in [4.78, 5) is 23.1. The van der Waals surface area contributed by atoms with Gasteiger partial charge in [-0.2, -0.15) is 0 Å². The van der Waals surface area contributed by atoms with E-state index in [2.05, 4.69) is 12.2 Å². The van der Waals surface area contributed by atoms with Crippen molar-refractivity contribution >= 4 is 11.9 Å². The molecular formula is C18H25NO4. The first-order valence-corrected chi connectivity index (χ1v) is 8.32. The number of ether oxygens (including phenoxy) is 1. The van der Waals surface area contributed by atoms with Gasteiger partial charge in [0.15, 0.2) is 0 Å². The Bertz CT molecular complexity index is 518. The van der Waals surface area contributed by atoms with Gasteiger partial charge >= 0.3 is 5.97 Å². The molecule has 5 heteroatoms. The largest absolute Gasteiger partial charge is 0.494 e. The van der Waals surface area contributed by atoms with Gasteiger partial charge in [0.05, 0.1) is 12.5 Å². The molecule has 0 aromatic heterocycles. The van der Waals surface area contributed by atoms with E-state index in [1.807, 2.05) is 24.3 Å². The SMILES string of the molecule is CCCOc1ccc(CNC(=O)C2CCC(C(=O)O)CC2)cc1. The number of hydrogen-bond donors (Lipinski definition) is 2. The van der Waals surface area contributed by atoms with Crippen LogP contribution in [-0.4, -0.2) is 23.6 Å². The fraction of sp³-hybridized carbons (Fsp3) is 0.556. The first kappa shape index (κ1) is 17.3. The van der Waals surface area contributed by atoms with Crippen LogP contribution in [0, 0.1) is 11.8 Å². The van der Waals surface area contributed by atoms with E-state index in [4.69, 9.17) is 9.84 Å². The zero-order valence-corrected chi connectivity index (χ0v) is 13.6. The molecule has 0 atom stereocenters. The van der Waals surface area contributed by atoms with Crippen LogP contribution < -0.4 is 10.1 Å². The van der Waals surface area contributed by atoms with Gasteiger partial charge in [0.2, 0.25) is 5.91 Å². The fourth-order valence-electron chi connectivity index (χ4n) is 2.86. The van der Waals surface area contributed by atoms with E-state index in [9.17, 15) is 9.59 Å². The van der Waals surface area contributed by atoms with E-state index in [1.165, 1.54) is 0 Å². The van der Waals surface area contributed by atoms with Crippen molar-refractivity contribution in [1.29, 1.82) is 0 Å². The zero-order chi connectivity index (χ0) is 16.7. The molecule has 0 aliphatic heterocycles. The Labute approximate surface area is 137 Å². The van der Waals surface area contributed by atoms with Gasteiger partial charge in [-0.1, -0.05) is 19.1 Å². The summed E-state index contributed by atoms with van der Waals surface area (Å²) in [6.45, 7) is 3.26. The number of benzene rings is 1. The molecule has 1 aromatic rings. The third-order valence-corrected chi connectivity index (χ3v) is 4.31. The molecule has 1 fully saturated rings. The maximum atomic E-state index is 12.2. The number of carboxylic acids is 1. The van der Waals surface area contributed by atoms with Crippen molar-refractivity contribution in [1.82, 2.24) is 5.32 Å². The average Bonchev–Trinajstić information content (AvgIpc) is 2.58. The fourth-order valence-corrected chi connectivity index (χ4v) is 2.86. The molecule has 1 aliphatic rings. The smallest absolute Gasteiger partial charge is 0.306 e. The van der Waals surface area contributed by atoms with Crippen molar-refractivity contribution in [3.8, 4) is 5.75 Å². The first-order valence-electron chi connectivity index (χ1n) is 8.32. The van der Waals surface area contributed by atoms with E-state index in [0.717, 1.165) is 17.7 Å². The van der Waals surface area contributed by atoms with Crippen LogP contribution in [0.5, 0.6) is 5.75 Å². The highest BCUT2D eigenvalue weighted by Gasteiger charge is 2.29. The Morgan fingerprint density at radius 1 is 1.13 bits per heavy atom. The first-order chi connectivity index (χ1) is 11.1. The molecular weight excluding hydrogens is 294 g/mol. The number of aliphatic carboxylic acids is 1. The Morgan fingerprint density at radius 2 is 1.74 bits per heavy atom. The predicted molar refractivity (Wildman–Crippen MR) is 87.2 cm³/mol. The molecule has 0 saturated heterocycles. The molecule has 0 spiro atoms. The Balaban J connectivity index is 1.75. The molecule has 0 bridgehead atoms. The van der Waals surface area contributed by atoms with E-state index in [0.29, 0.717) is 38.8 Å². The number of carboxylic acid groups (broad SMARTS) is 1. The minimum absolute atomic E-state index is 0.0279. The number of carbonyl (C=O) groups excluding carboxylic acids is 1. The number of hydrogen-bond acceptors (Lipinski definition) is 3. The molecule has 0 heterocycles. The summed E-state index contributed by atoms with van der Waals surface area (Å²) in [7, 11) is 0. The normalized spacial score (nSPS) is 20.7. The van der Waals surface area contributed by atoms with E-state index in [1.54, 1.807) is 0 Å². The van der Waals surface area contributed by atoms with Gasteiger partial charge in [-0.25, -0.2) is 0 Å². The second-order valence-corrected chi connectivity index (χ2v) is 6.10. The molecule has 126 valence electrons. The second kappa shape index (κ2) is 8.56. The standard InChI is InChI=1S/C18H25NO4/c1-2-11-23-16-9-3-13(4-10-16)12-19-17(20)14-5-7-15(8-6-14)18(21)22/h3-4,9-10,14-15H,2,5-8,11-12H2,1H3,(H,19,20)(H,21,22). The third kappa shape index (κ3) is 5.27. The Morgan fingerprint density at radius 3 is 2.30 bits per heavy atom. The van der Waals surface area contributed by atoms with Crippen LogP contribution in [0.2, 0.25) is 0 Å². The highest BCUT2D eigenvalue weighted by Crippen LogP contribution is 2.29. The van der Waals surface area contributed by atoms with Crippen molar-refractivity contribution in [3.05, 3.63) is 29.8 Å². The third-order valence-electron chi connectivity index (χ3n) is 4.31. The van der Waals surface area contributed by atoms with Gasteiger partial charge in [0, 0.05) is 12.5 Å².